The summed E-state index contributed by atoms with van der Waals surface area (Å²) in [6.07, 6.45) is 5.97. The fraction of sp³-hybridized carbons (Fsp3) is 0.923. The molecule has 0 aromatic heterocycles. The first-order valence-electron chi connectivity index (χ1n) is 6.73. The summed E-state index contributed by atoms with van der Waals surface area (Å²) in [4.78, 5) is 14.4. The number of rotatable bonds is 2. The van der Waals surface area contributed by atoms with Crippen LogP contribution in [0.3, 0.4) is 0 Å². The molecule has 0 aromatic carbocycles. The van der Waals surface area contributed by atoms with Crippen molar-refractivity contribution in [1.82, 2.24) is 4.90 Å². The van der Waals surface area contributed by atoms with Gasteiger partial charge in [-0.15, -0.1) is 0 Å². The van der Waals surface area contributed by atoms with Crippen molar-refractivity contribution in [3.05, 3.63) is 0 Å². The van der Waals surface area contributed by atoms with Gasteiger partial charge in [-0.05, 0) is 32.6 Å². The first-order valence-corrected chi connectivity index (χ1v) is 6.73. The van der Waals surface area contributed by atoms with Gasteiger partial charge in [-0.1, -0.05) is 12.8 Å². The highest BCUT2D eigenvalue weighted by molar-refractivity contribution is 5.85. The fourth-order valence-electron chi connectivity index (χ4n) is 2.89. The zero-order valence-corrected chi connectivity index (χ0v) is 10.7. The van der Waals surface area contributed by atoms with Gasteiger partial charge in [-0.2, -0.15) is 0 Å². The number of ether oxygens (including phenoxy) is 1. The quantitative estimate of drug-likeness (QED) is 0.793. The van der Waals surface area contributed by atoms with Crippen molar-refractivity contribution in [2.24, 2.45) is 0 Å². The van der Waals surface area contributed by atoms with Crippen molar-refractivity contribution in [3.8, 4) is 0 Å². The number of aliphatic hydroxyl groups is 1. The molecule has 0 saturated carbocycles. The van der Waals surface area contributed by atoms with E-state index in [1.165, 1.54) is 0 Å². The van der Waals surface area contributed by atoms with Gasteiger partial charge in [-0.3, -0.25) is 4.79 Å². The van der Waals surface area contributed by atoms with Gasteiger partial charge in [0.25, 0.3) is 5.91 Å². The molecule has 4 heteroatoms. The average molecular weight is 241 g/mol. The van der Waals surface area contributed by atoms with Crippen molar-refractivity contribution in [3.63, 3.8) is 0 Å². The third-order valence-electron chi connectivity index (χ3n) is 4.02. The topological polar surface area (TPSA) is 49.8 Å². The SMILES string of the molecule is CC1(C(=O)N2CCCCCC2CO)CCCO1. The Morgan fingerprint density at radius 2 is 2.24 bits per heavy atom. The highest BCUT2D eigenvalue weighted by atomic mass is 16.5. The Morgan fingerprint density at radius 1 is 1.41 bits per heavy atom. The van der Waals surface area contributed by atoms with Crippen LogP contribution in [-0.2, 0) is 9.53 Å². The number of nitrogens with zero attached hydrogens (tertiary/aromatic N) is 1. The molecule has 0 radical (unpaired) electrons. The number of likely N-dealkylation sites (tertiary alicyclic amines) is 1. The van der Waals surface area contributed by atoms with E-state index in [-0.39, 0.29) is 18.6 Å². The maximum atomic E-state index is 12.5. The van der Waals surface area contributed by atoms with Gasteiger partial charge in [-0.25, -0.2) is 0 Å². The van der Waals surface area contributed by atoms with Gasteiger partial charge in [0.15, 0.2) is 0 Å². The van der Waals surface area contributed by atoms with Gasteiger partial charge in [0.05, 0.1) is 12.6 Å². The Hall–Kier alpha value is -0.610. The van der Waals surface area contributed by atoms with Crippen LogP contribution in [-0.4, -0.2) is 47.3 Å². The average Bonchev–Trinajstić information content (AvgIpc) is 2.65. The van der Waals surface area contributed by atoms with Gasteiger partial charge in [0, 0.05) is 13.2 Å². The summed E-state index contributed by atoms with van der Waals surface area (Å²) in [6.45, 7) is 3.41. The molecule has 0 aliphatic carbocycles. The molecule has 2 atom stereocenters. The Balaban J connectivity index is 2.09. The first-order chi connectivity index (χ1) is 8.17. The van der Waals surface area contributed by atoms with E-state index < -0.39 is 5.60 Å². The smallest absolute Gasteiger partial charge is 0.254 e. The summed E-state index contributed by atoms with van der Waals surface area (Å²) in [7, 11) is 0. The molecule has 2 heterocycles. The van der Waals surface area contributed by atoms with Gasteiger partial charge in [0.2, 0.25) is 0 Å². The lowest BCUT2D eigenvalue weighted by molar-refractivity contribution is -0.154. The molecule has 0 aromatic rings. The van der Waals surface area contributed by atoms with Crippen LogP contribution in [0.25, 0.3) is 0 Å². The number of carbonyl (C=O) groups excluding carboxylic acids is 1. The van der Waals surface area contributed by atoms with Crippen LogP contribution in [0.5, 0.6) is 0 Å². The van der Waals surface area contributed by atoms with E-state index in [0.717, 1.165) is 45.1 Å². The number of hydrogen-bond donors (Lipinski definition) is 1. The van der Waals surface area contributed by atoms with Gasteiger partial charge in [0.1, 0.15) is 5.60 Å². The maximum Gasteiger partial charge on any atom is 0.254 e. The lowest BCUT2D eigenvalue weighted by Gasteiger charge is -2.35. The number of aliphatic hydroxyl groups excluding tert-OH is 1. The molecule has 1 N–H and O–H groups in total. The third-order valence-corrected chi connectivity index (χ3v) is 4.02. The van der Waals surface area contributed by atoms with E-state index in [0.29, 0.717) is 6.61 Å². The molecule has 2 aliphatic heterocycles. The first kappa shape index (κ1) is 12.8. The summed E-state index contributed by atoms with van der Waals surface area (Å²) >= 11 is 0. The largest absolute Gasteiger partial charge is 0.394 e. The Labute approximate surface area is 103 Å². The van der Waals surface area contributed by atoms with E-state index in [4.69, 9.17) is 4.74 Å². The molecule has 2 fully saturated rings. The lowest BCUT2D eigenvalue weighted by Crippen LogP contribution is -2.52. The third kappa shape index (κ3) is 2.63. The second-order valence-corrected chi connectivity index (χ2v) is 5.37. The molecule has 2 aliphatic rings. The molecule has 1 amide bonds. The van der Waals surface area contributed by atoms with Crippen LogP contribution in [0.2, 0.25) is 0 Å². The normalized spacial score (nSPS) is 34.7. The second-order valence-electron chi connectivity index (χ2n) is 5.37. The molecule has 0 spiro atoms. The fourth-order valence-corrected chi connectivity index (χ4v) is 2.89. The molecule has 4 nitrogen and oxygen atoms in total. The Bertz CT molecular complexity index is 274. The molecule has 0 bridgehead atoms. The van der Waals surface area contributed by atoms with Gasteiger partial charge < -0.3 is 14.7 Å². The molecule has 2 rings (SSSR count). The summed E-state index contributed by atoms with van der Waals surface area (Å²) < 4.78 is 5.62. The summed E-state index contributed by atoms with van der Waals surface area (Å²) in [5, 5.41) is 9.43. The zero-order valence-electron chi connectivity index (χ0n) is 10.7. The van der Waals surface area contributed by atoms with E-state index in [9.17, 15) is 9.90 Å². The lowest BCUT2D eigenvalue weighted by atomic mass is 9.99. The van der Waals surface area contributed by atoms with E-state index >= 15 is 0 Å². The Morgan fingerprint density at radius 3 is 2.88 bits per heavy atom. The van der Waals surface area contributed by atoms with E-state index in [1.807, 2.05) is 11.8 Å². The van der Waals surface area contributed by atoms with Crippen molar-refractivity contribution in [2.75, 3.05) is 19.8 Å². The van der Waals surface area contributed by atoms with Crippen molar-refractivity contribution in [2.45, 2.75) is 57.1 Å². The van der Waals surface area contributed by atoms with Crippen LogP contribution in [0.4, 0.5) is 0 Å². The summed E-state index contributed by atoms with van der Waals surface area (Å²) in [6, 6.07) is -0.00831. The number of carbonyl (C=O) groups is 1. The van der Waals surface area contributed by atoms with E-state index in [1.54, 1.807) is 0 Å². The number of amides is 1. The standard InChI is InChI=1S/C13H23NO3/c1-13(7-5-9-17-13)12(16)14-8-4-2-3-6-11(14)10-15/h11,15H,2-10H2,1H3. The predicted molar refractivity (Wildman–Crippen MR) is 64.6 cm³/mol. The molecule has 98 valence electrons. The monoisotopic (exact) mass is 241 g/mol. The minimum Gasteiger partial charge on any atom is -0.394 e. The second kappa shape index (κ2) is 5.36. The minimum absolute atomic E-state index is 0.00831. The van der Waals surface area contributed by atoms with E-state index in [2.05, 4.69) is 0 Å². The summed E-state index contributed by atoms with van der Waals surface area (Å²) in [5.41, 5.74) is -0.641. The molecule has 2 saturated heterocycles. The molecule has 17 heavy (non-hydrogen) atoms. The van der Waals surface area contributed by atoms with Crippen LogP contribution < -0.4 is 0 Å². The van der Waals surface area contributed by atoms with Crippen LogP contribution in [0.1, 0.15) is 45.4 Å². The van der Waals surface area contributed by atoms with Gasteiger partial charge >= 0.3 is 0 Å². The van der Waals surface area contributed by atoms with Crippen molar-refractivity contribution in [1.29, 1.82) is 0 Å². The zero-order chi connectivity index (χ0) is 12.3. The molecular weight excluding hydrogens is 218 g/mol. The molecular formula is C13H23NO3. The van der Waals surface area contributed by atoms with Crippen molar-refractivity contribution >= 4 is 5.91 Å². The Kier molecular flexibility index (Phi) is 4.05. The minimum atomic E-state index is -0.641. The maximum absolute atomic E-state index is 12.5. The van der Waals surface area contributed by atoms with Crippen molar-refractivity contribution < 1.29 is 14.6 Å². The van der Waals surface area contributed by atoms with Crippen LogP contribution >= 0.6 is 0 Å². The van der Waals surface area contributed by atoms with Crippen LogP contribution in [0, 0.1) is 0 Å². The predicted octanol–water partition coefficient (Wildman–Crippen LogP) is 1.32. The highest BCUT2D eigenvalue weighted by Crippen LogP contribution is 2.29. The number of hydrogen-bond acceptors (Lipinski definition) is 3. The van der Waals surface area contributed by atoms with Crippen LogP contribution in [0.15, 0.2) is 0 Å². The summed E-state index contributed by atoms with van der Waals surface area (Å²) in [5.74, 6) is 0.0796. The molecule has 2 unspecified atom stereocenters. The highest BCUT2D eigenvalue weighted by Gasteiger charge is 2.42.